The van der Waals surface area contributed by atoms with E-state index in [2.05, 4.69) is 22.2 Å². The highest BCUT2D eigenvalue weighted by Crippen LogP contribution is 2.10. The quantitative estimate of drug-likeness (QED) is 0.248. The van der Waals surface area contributed by atoms with Gasteiger partial charge in [0.1, 0.15) is 6.04 Å². The maximum absolute atomic E-state index is 11.2. The summed E-state index contributed by atoms with van der Waals surface area (Å²) in [5.41, 5.74) is 5.43. The van der Waals surface area contributed by atoms with Gasteiger partial charge in [-0.15, -0.1) is 0 Å². The van der Waals surface area contributed by atoms with Crippen molar-refractivity contribution < 1.29 is 9.53 Å². The zero-order chi connectivity index (χ0) is 11.3. The second-order valence-corrected chi connectivity index (χ2v) is 3.22. The fourth-order valence-corrected chi connectivity index (χ4v) is 1.27. The molecule has 1 atom stereocenters. The third kappa shape index (κ3) is 3.49. The van der Waals surface area contributed by atoms with Gasteiger partial charge in [0.25, 0.3) is 0 Å². The number of ether oxygens (including phenoxy) is 1. The Morgan fingerprint density at radius 3 is 3.07 bits per heavy atom. The van der Waals surface area contributed by atoms with E-state index in [1.165, 1.54) is 0 Å². The SMILES string of the molecule is C=C1N[C@@H](CCCNC(N)=NC)C(=O)O1. The van der Waals surface area contributed by atoms with E-state index in [0.29, 0.717) is 24.8 Å². The van der Waals surface area contributed by atoms with Crippen LogP contribution < -0.4 is 16.4 Å². The van der Waals surface area contributed by atoms with Crippen LogP contribution in [0, 0.1) is 0 Å². The molecule has 4 N–H and O–H groups in total. The summed E-state index contributed by atoms with van der Waals surface area (Å²) in [6.07, 6.45) is 1.48. The van der Waals surface area contributed by atoms with Gasteiger partial charge in [-0.2, -0.15) is 0 Å². The topological polar surface area (TPSA) is 88.7 Å². The first kappa shape index (κ1) is 11.4. The summed E-state index contributed by atoms with van der Waals surface area (Å²) in [7, 11) is 1.61. The highest BCUT2D eigenvalue weighted by atomic mass is 16.6. The number of cyclic esters (lactones) is 1. The van der Waals surface area contributed by atoms with Crippen molar-refractivity contribution in [2.24, 2.45) is 10.7 Å². The second-order valence-electron chi connectivity index (χ2n) is 3.22. The predicted octanol–water partition coefficient (Wildman–Crippen LogP) is -0.713. The highest BCUT2D eigenvalue weighted by molar-refractivity contribution is 5.79. The van der Waals surface area contributed by atoms with Crippen molar-refractivity contribution in [3.8, 4) is 0 Å². The molecule has 1 aliphatic rings. The van der Waals surface area contributed by atoms with Crippen molar-refractivity contribution in [1.82, 2.24) is 10.6 Å². The first-order chi connectivity index (χ1) is 7.13. The van der Waals surface area contributed by atoms with Crippen molar-refractivity contribution >= 4 is 11.9 Å². The molecule has 6 nitrogen and oxygen atoms in total. The Bertz CT molecular complexity index is 288. The molecule has 1 rings (SSSR count). The maximum Gasteiger partial charge on any atom is 0.335 e. The molecule has 0 aliphatic carbocycles. The number of aliphatic imine (C=N–C) groups is 1. The van der Waals surface area contributed by atoms with E-state index in [1.807, 2.05) is 0 Å². The number of carbonyl (C=O) groups excluding carboxylic acids is 1. The molecule has 0 aromatic carbocycles. The molecule has 1 fully saturated rings. The number of esters is 1. The summed E-state index contributed by atoms with van der Waals surface area (Å²) in [4.78, 5) is 14.9. The summed E-state index contributed by atoms with van der Waals surface area (Å²) in [6, 6.07) is -0.279. The predicted molar refractivity (Wildman–Crippen MR) is 56.9 cm³/mol. The minimum Gasteiger partial charge on any atom is -0.409 e. The van der Waals surface area contributed by atoms with Gasteiger partial charge in [-0.3, -0.25) is 4.99 Å². The minimum atomic E-state index is -0.279. The van der Waals surface area contributed by atoms with Crippen LogP contribution in [0.2, 0.25) is 0 Å². The first-order valence-electron chi connectivity index (χ1n) is 4.76. The molecule has 0 aromatic rings. The van der Waals surface area contributed by atoms with Crippen LogP contribution in [0.15, 0.2) is 17.5 Å². The molecule has 1 saturated heterocycles. The minimum absolute atomic E-state index is 0.267. The van der Waals surface area contributed by atoms with Crippen LogP contribution in [0.4, 0.5) is 0 Å². The monoisotopic (exact) mass is 212 g/mol. The van der Waals surface area contributed by atoms with Crippen LogP contribution >= 0.6 is 0 Å². The first-order valence-corrected chi connectivity index (χ1v) is 4.76. The molecule has 0 bridgehead atoms. The van der Waals surface area contributed by atoms with Crippen LogP contribution in [0.25, 0.3) is 0 Å². The molecule has 0 radical (unpaired) electrons. The van der Waals surface area contributed by atoms with Gasteiger partial charge >= 0.3 is 5.97 Å². The number of nitrogens with two attached hydrogens (primary N) is 1. The van der Waals surface area contributed by atoms with E-state index in [1.54, 1.807) is 7.05 Å². The summed E-state index contributed by atoms with van der Waals surface area (Å²) >= 11 is 0. The Morgan fingerprint density at radius 2 is 2.53 bits per heavy atom. The van der Waals surface area contributed by atoms with Gasteiger partial charge in [-0.05, 0) is 19.4 Å². The number of nitrogens with one attached hydrogen (secondary N) is 2. The lowest BCUT2D eigenvalue weighted by Gasteiger charge is -2.07. The smallest absolute Gasteiger partial charge is 0.335 e. The Hall–Kier alpha value is -1.72. The zero-order valence-corrected chi connectivity index (χ0v) is 8.75. The molecule has 0 spiro atoms. The fourth-order valence-electron chi connectivity index (χ4n) is 1.27. The molecule has 6 heteroatoms. The van der Waals surface area contributed by atoms with E-state index < -0.39 is 0 Å². The summed E-state index contributed by atoms with van der Waals surface area (Å²) in [5.74, 6) is 0.464. The molecule has 1 heterocycles. The van der Waals surface area contributed by atoms with E-state index >= 15 is 0 Å². The van der Waals surface area contributed by atoms with Gasteiger partial charge in [-0.1, -0.05) is 0 Å². The van der Waals surface area contributed by atoms with Crippen LogP contribution in [0.5, 0.6) is 0 Å². The van der Waals surface area contributed by atoms with Gasteiger partial charge in [0.15, 0.2) is 11.8 Å². The van der Waals surface area contributed by atoms with Crippen molar-refractivity contribution in [3.63, 3.8) is 0 Å². The van der Waals surface area contributed by atoms with Gasteiger partial charge in [0.2, 0.25) is 0 Å². The van der Waals surface area contributed by atoms with Gasteiger partial charge < -0.3 is 21.1 Å². The van der Waals surface area contributed by atoms with E-state index in [4.69, 9.17) is 10.5 Å². The molecule has 0 saturated carbocycles. The normalized spacial score (nSPS) is 21.1. The van der Waals surface area contributed by atoms with Crippen LogP contribution in [0.1, 0.15) is 12.8 Å². The van der Waals surface area contributed by atoms with Crippen LogP contribution in [-0.2, 0) is 9.53 Å². The largest absolute Gasteiger partial charge is 0.409 e. The van der Waals surface area contributed by atoms with Gasteiger partial charge in [0.05, 0.1) is 0 Å². The van der Waals surface area contributed by atoms with Crippen molar-refractivity contribution in [1.29, 1.82) is 0 Å². The molecule has 0 unspecified atom stereocenters. The van der Waals surface area contributed by atoms with E-state index in [9.17, 15) is 4.79 Å². The standard InChI is InChI=1S/C9H16N4O2/c1-6-13-7(8(14)15-6)4-3-5-12-9(10)11-2/h7,13H,1,3-5H2,2H3,(H3,10,11,12)/t7-/m0/s1. The van der Waals surface area contributed by atoms with Crippen molar-refractivity contribution in [3.05, 3.63) is 12.5 Å². The number of carbonyl (C=O) groups is 1. The number of hydrogen-bond acceptors (Lipinski definition) is 4. The third-order valence-corrected chi connectivity index (χ3v) is 2.06. The molecule has 0 aromatic heterocycles. The van der Waals surface area contributed by atoms with Gasteiger partial charge in [0, 0.05) is 13.6 Å². The van der Waals surface area contributed by atoms with Crippen LogP contribution in [-0.4, -0.2) is 31.6 Å². The van der Waals surface area contributed by atoms with Crippen LogP contribution in [0.3, 0.4) is 0 Å². The number of guanidine groups is 1. The van der Waals surface area contributed by atoms with Crippen molar-refractivity contribution in [2.75, 3.05) is 13.6 Å². The lowest BCUT2D eigenvalue weighted by Crippen LogP contribution is -2.33. The Balaban J connectivity index is 2.15. The fraction of sp³-hybridized carbons (Fsp3) is 0.556. The molecule has 0 amide bonds. The third-order valence-electron chi connectivity index (χ3n) is 2.06. The molecular weight excluding hydrogens is 196 g/mol. The lowest BCUT2D eigenvalue weighted by atomic mass is 10.1. The summed E-state index contributed by atoms with van der Waals surface area (Å²) in [5, 5.41) is 5.76. The Kier molecular flexibility index (Phi) is 3.96. The van der Waals surface area contributed by atoms with Crippen molar-refractivity contribution in [2.45, 2.75) is 18.9 Å². The number of rotatable bonds is 4. The lowest BCUT2D eigenvalue weighted by molar-refractivity contribution is -0.136. The van der Waals surface area contributed by atoms with E-state index in [-0.39, 0.29) is 12.0 Å². The Morgan fingerprint density at radius 1 is 1.80 bits per heavy atom. The summed E-state index contributed by atoms with van der Waals surface area (Å²) < 4.78 is 4.76. The molecule has 84 valence electrons. The number of hydrogen-bond donors (Lipinski definition) is 3. The second kappa shape index (κ2) is 5.23. The molecular formula is C9H16N4O2. The maximum atomic E-state index is 11.2. The Labute approximate surface area is 88.6 Å². The van der Waals surface area contributed by atoms with E-state index in [0.717, 1.165) is 6.42 Å². The summed E-state index contributed by atoms with van der Waals surface area (Å²) in [6.45, 7) is 4.20. The average Bonchev–Trinajstić information content (AvgIpc) is 2.52. The molecule has 15 heavy (non-hydrogen) atoms. The average molecular weight is 212 g/mol. The van der Waals surface area contributed by atoms with Gasteiger partial charge in [-0.25, -0.2) is 4.79 Å². The number of nitrogens with zero attached hydrogens (tertiary/aromatic N) is 1. The zero-order valence-electron chi connectivity index (χ0n) is 8.75. The molecule has 1 aliphatic heterocycles. The highest BCUT2D eigenvalue weighted by Gasteiger charge is 2.27.